The number of benzene rings is 1. The third-order valence-corrected chi connectivity index (χ3v) is 6.78. The summed E-state index contributed by atoms with van der Waals surface area (Å²) in [5.74, 6) is 0.0834. The number of thiophene rings is 1. The maximum atomic E-state index is 13.1. The van der Waals surface area contributed by atoms with Crippen molar-refractivity contribution in [2.75, 3.05) is 0 Å². The molecule has 4 rings (SSSR count). The highest BCUT2D eigenvalue weighted by molar-refractivity contribution is 8.00. The van der Waals surface area contributed by atoms with Crippen LogP contribution >= 0.6 is 23.1 Å². The molecule has 0 radical (unpaired) electrons. The van der Waals surface area contributed by atoms with Crippen molar-refractivity contribution < 1.29 is 9.18 Å². The molecule has 0 bridgehead atoms. The molecular formula is C18H15FN2OS2. The van der Waals surface area contributed by atoms with Gasteiger partial charge in [-0.3, -0.25) is 4.79 Å². The minimum absolute atomic E-state index is 0.00761. The van der Waals surface area contributed by atoms with Gasteiger partial charge in [-0.2, -0.15) is 0 Å². The minimum Gasteiger partial charge on any atom is -0.298 e. The molecule has 0 N–H and O–H groups in total. The average Bonchev–Trinajstić information content (AvgIpc) is 3.03. The number of aromatic nitrogens is 2. The van der Waals surface area contributed by atoms with Crippen molar-refractivity contribution >= 4 is 39.1 Å². The lowest BCUT2D eigenvalue weighted by molar-refractivity contribution is -0.119. The Morgan fingerprint density at radius 1 is 1.17 bits per heavy atom. The summed E-state index contributed by atoms with van der Waals surface area (Å²) in [6.07, 6.45) is 5.26. The van der Waals surface area contributed by atoms with E-state index in [-0.39, 0.29) is 11.1 Å². The summed E-state index contributed by atoms with van der Waals surface area (Å²) in [4.78, 5) is 21.9. The van der Waals surface area contributed by atoms with E-state index >= 15 is 0 Å². The summed E-state index contributed by atoms with van der Waals surface area (Å²) < 4.78 is 14.1. The van der Waals surface area contributed by atoms with Crippen LogP contribution in [-0.2, 0) is 4.79 Å². The fraction of sp³-hybridized carbons (Fsp3) is 0.278. The number of fused-ring (bicyclic) bond motifs is 1. The Labute approximate surface area is 147 Å². The zero-order valence-corrected chi connectivity index (χ0v) is 14.5. The standard InChI is InChI=1S/C18H15FN2OS2/c19-12-7-5-11(6-8-12)16-9-13-17(23-16)18(21-10-20-13)24-15-4-2-1-3-14(15)22/h5-10,15H,1-4H2/t15-/m1/s1. The summed E-state index contributed by atoms with van der Waals surface area (Å²) in [6, 6.07) is 8.46. The second-order valence-electron chi connectivity index (χ2n) is 5.83. The van der Waals surface area contributed by atoms with Crippen LogP contribution in [0.1, 0.15) is 25.7 Å². The van der Waals surface area contributed by atoms with Gasteiger partial charge in [0.05, 0.1) is 15.5 Å². The first-order valence-electron chi connectivity index (χ1n) is 7.90. The lowest BCUT2D eigenvalue weighted by Gasteiger charge is -2.19. The first-order valence-corrected chi connectivity index (χ1v) is 9.60. The van der Waals surface area contributed by atoms with Gasteiger partial charge in [0.15, 0.2) is 0 Å². The first kappa shape index (κ1) is 15.7. The Kier molecular flexibility index (Phi) is 4.33. The van der Waals surface area contributed by atoms with E-state index in [4.69, 9.17) is 0 Å². The van der Waals surface area contributed by atoms with E-state index < -0.39 is 0 Å². The molecule has 24 heavy (non-hydrogen) atoms. The van der Waals surface area contributed by atoms with E-state index in [0.29, 0.717) is 12.2 Å². The molecule has 0 unspecified atom stereocenters. The second kappa shape index (κ2) is 6.61. The van der Waals surface area contributed by atoms with Crippen molar-refractivity contribution in [2.24, 2.45) is 0 Å². The monoisotopic (exact) mass is 358 g/mol. The van der Waals surface area contributed by atoms with Gasteiger partial charge in [0.1, 0.15) is 23.0 Å². The molecule has 0 saturated heterocycles. The zero-order valence-electron chi connectivity index (χ0n) is 12.9. The molecule has 2 heterocycles. The van der Waals surface area contributed by atoms with Crippen LogP contribution in [0.5, 0.6) is 0 Å². The molecule has 1 aliphatic carbocycles. The molecular weight excluding hydrogens is 343 g/mol. The molecule has 0 aliphatic heterocycles. The molecule has 0 spiro atoms. The number of Topliss-reactive ketones (excluding diaryl/α,β-unsaturated/α-hetero) is 1. The maximum absolute atomic E-state index is 13.1. The summed E-state index contributed by atoms with van der Waals surface area (Å²) in [5.41, 5.74) is 1.84. The molecule has 1 saturated carbocycles. The van der Waals surface area contributed by atoms with Crippen LogP contribution in [0.3, 0.4) is 0 Å². The predicted molar refractivity (Wildman–Crippen MR) is 95.9 cm³/mol. The molecule has 6 heteroatoms. The Hall–Kier alpha value is -1.79. The van der Waals surface area contributed by atoms with Crippen LogP contribution in [-0.4, -0.2) is 21.0 Å². The molecule has 1 atom stereocenters. The second-order valence-corrected chi connectivity index (χ2v) is 8.07. The predicted octanol–water partition coefficient (Wildman–Crippen LogP) is 5.10. The number of hydrogen-bond donors (Lipinski definition) is 0. The van der Waals surface area contributed by atoms with Crippen molar-refractivity contribution in [1.82, 2.24) is 9.97 Å². The number of rotatable bonds is 3. The van der Waals surface area contributed by atoms with Gasteiger partial charge < -0.3 is 0 Å². The smallest absolute Gasteiger partial charge is 0.146 e. The van der Waals surface area contributed by atoms with Crippen LogP contribution in [0.2, 0.25) is 0 Å². The summed E-state index contributed by atoms with van der Waals surface area (Å²) in [7, 11) is 0. The van der Waals surface area contributed by atoms with Crippen LogP contribution in [0, 0.1) is 5.82 Å². The first-order chi connectivity index (χ1) is 11.7. The van der Waals surface area contributed by atoms with Gasteiger partial charge in [-0.05, 0) is 36.6 Å². The third kappa shape index (κ3) is 3.08. The highest BCUT2D eigenvalue weighted by Gasteiger charge is 2.25. The number of carbonyl (C=O) groups excluding carboxylic acids is 1. The van der Waals surface area contributed by atoms with Crippen LogP contribution in [0.25, 0.3) is 20.7 Å². The zero-order chi connectivity index (χ0) is 16.5. The van der Waals surface area contributed by atoms with E-state index in [1.807, 2.05) is 6.07 Å². The molecule has 2 aromatic heterocycles. The van der Waals surface area contributed by atoms with Gasteiger partial charge in [-0.15, -0.1) is 11.3 Å². The van der Waals surface area contributed by atoms with Crippen molar-refractivity contribution in [3.63, 3.8) is 0 Å². The van der Waals surface area contributed by atoms with Crippen molar-refractivity contribution in [3.05, 3.63) is 42.5 Å². The highest BCUT2D eigenvalue weighted by atomic mass is 32.2. The molecule has 0 amide bonds. The quantitative estimate of drug-likeness (QED) is 0.611. The molecule has 3 nitrogen and oxygen atoms in total. The van der Waals surface area contributed by atoms with E-state index in [9.17, 15) is 9.18 Å². The number of ketones is 1. The topological polar surface area (TPSA) is 42.9 Å². The highest BCUT2D eigenvalue weighted by Crippen LogP contribution is 2.39. The maximum Gasteiger partial charge on any atom is 0.146 e. The van der Waals surface area contributed by atoms with Gasteiger partial charge >= 0.3 is 0 Å². The van der Waals surface area contributed by atoms with Gasteiger partial charge in [0.25, 0.3) is 0 Å². The number of carbonyl (C=O) groups is 1. The largest absolute Gasteiger partial charge is 0.298 e. The summed E-state index contributed by atoms with van der Waals surface area (Å²) in [6.45, 7) is 0. The minimum atomic E-state index is -0.244. The molecule has 122 valence electrons. The Morgan fingerprint density at radius 3 is 2.79 bits per heavy atom. The van der Waals surface area contributed by atoms with Gasteiger partial charge in [0, 0.05) is 11.3 Å². The lowest BCUT2D eigenvalue weighted by atomic mass is 9.99. The summed E-state index contributed by atoms with van der Waals surface area (Å²) >= 11 is 3.16. The fourth-order valence-corrected chi connectivity index (χ4v) is 5.28. The average molecular weight is 358 g/mol. The normalized spacial score (nSPS) is 18.2. The number of thioether (sulfide) groups is 1. The number of nitrogens with zero attached hydrogens (tertiary/aromatic N) is 2. The van der Waals surface area contributed by atoms with Crippen molar-refractivity contribution in [3.8, 4) is 10.4 Å². The fourth-order valence-electron chi connectivity index (χ4n) is 2.88. The van der Waals surface area contributed by atoms with E-state index in [1.54, 1.807) is 41.6 Å². The van der Waals surface area contributed by atoms with Crippen LogP contribution < -0.4 is 0 Å². The van der Waals surface area contributed by atoms with Crippen LogP contribution in [0.4, 0.5) is 4.39 Å². The van der Waals surface area contributed by atoms with Gasteiger partial charge in [0.2, 0.25) is 0 Å². The Morgan fingerprint density at radius 2 is 2.00 bits per heavy atom. The summed E-state index contributed by atoms with van der Waals surface area (Å²) in [5, 5.41) is 0.881. The lowest BCUT2D eigenvalue weighted by Crippen LogP contribution is -2.21. The van der Waals surface area contributed by atoms with Crippen molar-refractivity contribution in [2.45, 2.75) is 36.0 Å². The number of halogens is 1. The molecule has 3 aromatic rings. The van der Waals surface area contributed by atoms with Crippen LogP contribution in [0.15, 0.2) is 41.7 Å². The number of hydrogen-bond acceptors (Lipinski definition) is 5. The SMILES string of the molecule is O=C1CCCC[C@H]1Sc1ncnc2cc(-c3ccc(F)cc3)sc12. The van der Waals surface area contributed by atoms with E-state index in [1.165, 1.54) is 12.1 Å². The molecule has 1 aliphatic rings. The van der Waals surface area contributed by atoms with Gasteiger partial charge in [-0.1, -0.05) is 30.3 Å². The molecule has 1 aromatic carbocycles. The third-order valence-electron chi connectivity index (χ3n) is 4.16. The Balaban J connectivity index is 1.69. The van der Waals surface area contributed by atoms with Crippen molar-refractivity contribution in [1.29, 1.82) is 0 Å². The van der Waals surface area contributed by atoms with Gasteiger partial charge in [-0.25, -0.2) is 14.4 Å². The Bertz CT molecular complexity index is 892. The molecule has 1 fully saturated rings. The van der Waals surface area contributed by atoms with E-state index in [0.717, 1.165) is 44.9 Å². The van der Waals surface area contributed by atoms with E-state index in [2.05, 4.69) is 9.97 Å².